The summed E-state index contributed by atoms with van der Waals surface area (Å²) in [5.41, 5.74) is 4.50. The Balaban J connectivity index is 1.72. The Labute approximate surface area is 230 Å². The van der Waals surface area contributed by atoms with Crippen molar-refractivity contribution >= 4 is 20.0 Å². The molecule has 0 amide bonds. The van der Waals surface area contributed by atoms with Crippen LogP contribution in [-0.4, -0.2) is 43.4 Å². The van der Waals surface area contributed by atoms with Crippen LogP contribution in [0.15, 0.2) is 47.2 Å². The van der Waals surface area contributed by atoms with Gasteiger partial charge in [0.1, 0.15) is 26.4 Å². The minimum absolute atomic E-state index is 0.187. The Morgan fingerprint density at radius 2 is 1.85 bits per heavy atom. The predicted octanol–water partition coefficient (Wildman–Crippen LogP) is 5.72. The van der Waals surface area contributed by atoms with Gasteiger partial charge in [-0.25, -0.2) is 9.97 Å². The van der Waals surface area contributed by atoms with Crippen molar-refractivity contribution in [1.82, 2.24) is 29.3 Å². The van der Waals surface area contributed by atoms with Gasteiger partial charge in [-0.2, -0.15) is 0 Å². The molecule has 2 N–H and O–H groups in total. The molecule has 39 heavy (non-hydrogen) atoms. The van der Waals surface area contributed by atoms with Crippen molar-refractivity contribution in [1.29, 1.82) is 0 Å². The molecular formula is C30H36N6O2Si. The van der Waals surface area contributed by atoms with E-state index in [-0.39, 0.29) is 5.41 Å². The average Bonchev–Trinajstić information content (AvgIpc) is 3.32. The van der Waals surface area contributed by atoms with Gasteiger partial charge >= 0.3 is 0 Å². The van der Waals surface area contributed by atoms with Gasteiger partial charge in [0.2, 0.25) is 0 Å². The van der Waals surface area contributed by atoms with Crippen molar-refractivity contribution in [3.63, 3.8) is 0 Å². The highest BCUT2D eigenvalue weighted by atomic mass is 28.3. The minimum atomic E-state index is -1.65. The average molecular weight is 541 g/mol. The fourth-order valence-corrected chi connectivity index (χ4v) is 6.54. The molecule has 4 aromatic heterocycles. The number of pyridine rings is 1. The number of aromatic amines is 1. The van der Waals surface area contributed by atoms with Gasteiger partial charge in [0.05, 0.1) is 28.1 Å². The molecule has 1 atom stereocenters. The number of hydrogen-bond acceptors (Lipinski definition) is 6. The number of hydrogen-bond donors (Lipinski definition) is 2. The lowest BCUT2D eigenvalue weighted by molar-refractivity contribution is 0.111. The fraction of sp³-hybridized carbons (Fsp3) is 0.400. The van der Waals surface area contributed by atoms with E-state index in [0.717, 1.165) is 58.0 Å². The zero-order valence-corrected chi connectivity index (χ0v) is 24.9. The lowest BCUT2D eigenvalue weighted by Crippen LogP contribution is -2.36. The van der Waals surface area contributed by atoms with Gasteiger partial charge in [0.25, 0.3) is 0 Å². The van der Waals surface area contributed by atoms with Gasteiger partial charge in [-0.1, -0.05) is 45.1 Å². The van der Waals surface area contributed by atoms with Crippen LogP contribution in [0.3, 0.4) is 0 Å². The Morgan fingerprint density at radius 1 is 1.08 bits per heavy atom. The van der Waals surface area contributed by atoms with E-state index in [2.05, 4.69) is 60.5 Å². The topological polar surface area (TPSA) is 106 Å². The summed E-state index contributed by atoms with van der Waals surface area (Å²) in [5.74, 6) is 2.70. The van der Waals surface area contributed by atoms with Crippen molar-refractivity contribution in [2.45, 2.75) is 77.5 Å². The van der Waals surface area contributed by atoms with Crippen LogP contribution in [0.25, 0.3) is 22.2 Å². The Bertz CT molecular complexity index is 1650. The number of fused-ring (bicyclic) bond motifs is 1. The molecule has 8 nitrogen and oxygen atoms in total. The van der Waals surface area contributed by atoms with Crippen LogP contribution < -0.4 is 0 Å². The zero-order valence-electron chi connectivity index (χ0n) is 23.7. The second-order valence-electron chi connectivity index (χ2n) is 12.1. The molecule has 202 valence electrons. The van der Waals surface area contributed by atoms with E-state index in [1.165, 1.54) is 0 Å². The number of imidazole rings is 2. The number of aromatic nitrogens is 6. The number of nitrogens with zero attached hydrogens (tertiary/aromatic N) is 5. The maximum absolute atomic E-state index is 13.1. The lowest BCUT2D eigenvalue weighted by Gasteiger charge is -2.30. The molecule has 1 aliphatic carbocycles. The monoisotopic (exact) mass is 540 g/mol. The normalized spacial score (nSPS) is 15.8. The molecule has 0 spiro atoms. The first kappa shape index (κ1) is 25.7. The van der Waals surface area contributed by atoms with Gasteiger partial charge in [0, 0.05) is 34.9 Å². The van der Waals surface area contributed by atoms with E-state index >= 15 is 0 Å². The first-order valence-corrected chi connectivity index (χ1v) is 16.5. The van der Waals surface area contributed by atoms with Crippen molar-refractivity contribution in [2.75, 3.05) is 0 Å². The molecule has 0 aliphatic heterocycles. The van der Waals surface area contributed by atoms with E-state index in [1.54, 1.807) is 6.20 Å². The second kappa shape index (κ2) is 8.99. The molecule has 0 saturated heterocycles. The molecule has 1 aromatic carbocycles. The largest absolute Gasteiger partial charge is 0.372 e. The number of benzene rings is 1. The summed E-state index contributed by atoms with van der Waals surface area (Å²) >= 11 is 0. The van der Waals surface area contributed by atoms with Gasteiger partial charge in [-0.05, 0) is 56.5 Å². The van der Waals surface area contributed by atoms with Crippen molar-refractivity contribution in [3.8, 4) is 11.1 Å². The SMILES string of the molecule is Cc1noc(C)c1-c1cc(C(O)(c2ccccn2)c2nc(C(C)(C)C)cn2[SiH](C)C)c2nc(C3CC3)[nH]c2c1. The van der Waals surface area contributed by atoms with Gasteiger partial charge in [-0.3, -0.25) is 4.98 Å². The highest BCUT2D eigenvalue weighted by Crippen LogP contribution is 2.44. The van der Waals surface area contributed by atoms with Crippen molar-refractivity contribution < 1.29 is 9.63 Å². The smallest absolute Gasteiger partial charge is 0.191 e. The quantitative estimate of drug-likeness (QED) is 0.267. The van der Waals surface area contributed by atoms with Crippen LogP contribution >= 0.6 is 0 Å². The molecular weight excluding hydrogens is 504 g/mol. The van der Waals surface area contributed by atoms with Crippen molar-refractivity contribution in [2.24, 2.45) is 0 Å². The van der Waals surface area contributed by atoms with Crippen LogP contribution in [0.2, 0.25) is 13.1 Å². The molecule has 0 radical (unpaired) electrons. The molecule has 5 aromatic rings. The maximum atomic E-state index is 13.1. The van der Waals surface area contributed by atoms with E-state index in [4.69, 9.17) is 19.5 Å². The molecule has 9 heteroatoms. The first-order valence-electron chi connectivity index (χ1n) is 13.7. The number of aliphatic hydroxyl groups is 1. The summed E-state index contributed by atoms with van der Waals surface area (Å²) in [5, 5.41) is 17.3. The Morgan fingerprint density at radius 3 is 2.44 bits per heavy atom. The highest BCUT2D eigenvalue weighted by Gasteiger charge is 2.44. The zero-order chi connectivity index (χ0) is 27.7. The van der Waals surface area contributed by atoms with Crippen molar-refractivity contribution in [3.05, 3.63) is 82.8 Å². The lowest BCUT2D eigenvalue weighted by atomic mass is 9.85. The van der Waals surface area contributed by atoms with Gasteiger partial charge in [-0.15, -0.1) is 0 Å². The maximum Gasteiger partial charge on any atom is 0.191 e. The van der Waals surface area contributed by atoms with Crippen LogP contribution in [-0.2, 0) is 11.0 Å². The summed E-state index contributed by atoms with van der Waals surface area (Å²) < 4.78 is 7.75. The summed E-state index contributed by atoms with van der Waals surface area (Å²) in [6.07, 6.45) is 6.08. The molecule has 1 saturated carbocycles. The molecule has 6 rings (SSSR count). The number of aryl methyl sites for hydroxylation is 2. The molecule has 1 unspecified atom stereocenters. The molecule has 1 fully saturated rings. The van der Waals surface area contributed by atoms with E-state index in [1.807, 2.05) is 38.1 Å². The number of rotatable bonds is 6. The number of H-pyrrole nitrogens is 1. The van der Waals surface area contributed by atoms with Crippen LogP contribution in [0, 0.1) is 13.8 Å². The highest BCUT2D eigenvalue weighted by molar-refractivity contribution is 6.54. The second-order valence-corrected chi connectivity index (χ2v) is 14.9. The molecule has 0 bridgehead atoms. The summed E-state index contributed by atoms with van der Waals surface area (Å²) in [7, 11) is -1.49. The Hall–Kier alpha value is -3.56. The Kier molecular flexibility index (Phi) is 5.93. The third-order valence-electron chi connectivity index (χ3n) is 7.70. The third-order valence-corrected chi connectivity index (χ3v) is 9.20. The summed E-state index contributed by atoms with van der Waals surface area (Å²) in [6.45, 7) is 14.8. The predicted molar refractivity (Wildman–Crippen MR) is 155 cm³/mol. The molecule has 1 aliphatic rings. The number of nitrogens with one attached hydrogen (secondary N) is 1. The van der Waals surface area contributed by atoms with E-state index < -0.39 is 14.6 Å². The standard InChI is InChI=1S/C30H36N6O2Si/c1-17-25(18(2)38-35-17)20-14-21(26-22(15-20)32-27(34-26)19-11-12-19)30(37,23-10-8-9-13-31-23)28-33-24(29(3,4)5)16-36(28)39(6)7/h8-10,13-16,19,37,39H,11-12H2,1-7H3,(H,32,34). The van der Waals surface area contributed by atoms with Crippen LogP contribution in [0.5, 0.6) is 0 Å². The van der Waals surface area contributed by atoms with Crippen LogP contribution in [0.1, 0.15) is 79.6 Å². The van der Waals surface area contributed by atoms with E-state index in [0.29, 0.717) is 23.0 Å². The fourth-order valence-electron chi connectivity index (χ4n) is 5.37. The minimum Gasteiger partial charge on any atom is -0.372 e. The molecule has 4 heterocycles. The van der Waals surface area contributed by atoms with Crippen LogP contribution in [0.4, 0.5) is 0 Å². The first-order chi connectivity index (χ1) is 18.5. The summed E-state index contributed by atoms with van der Waals surface area (Å²) in [4.78, 5) is 18.5. The summed E-state index contributed by atoms with van der Waals surface area (Å²) in [6, 6.07) is 9.77. The third kappa shape index (κ3) is 4.24. The van der Waals surface area contributed by atoms with Gasteiger partial charge < -0.3 is 18.8 Å². The van der Waals surface area contributed by atoms with Gasteiger partial charge in [0.15, 0.2) is 5.60 Å². The van der Waals surface area contributed by atoms with E-state index in [9.17, 15) is 5.11 Å².